The van der Waals surface area contributed by atoms with E-state index in [1.54, 1.807) is 46.3 Å². The predicted octanol–water partition coefficient (Wildman–Crippen LogP) is 5.42. The third kappa shape index (κ3) is 4.39. The van der Waals surface area contributed by atoms with E-state index in [2.05, 4.69) is 15.4 Å². The lowest BCUT2D eigenvalue weighted by Crippen LogP contribution is -2.12. The van der Waals surface area contributed by atoms with Gasteiger partial charge < -0.3 is 14.8 Å². The topological polar surface area (TPSA) is 121 Å². The van der Waals surface area contributed by atoms with Crippen molar-refractivity contribution in [3.8, 4) is 27.8 Å². The first kappa shape index (κ1) is 22.0. The van der Waals surface area contributed by atoms with Gasteiger partial charge in [0.15, 0.2) is 17.1 Å². The third-order valence-corrected chi connectivity index (χ3v) is 5.97. The molecule has 0 radical (unpaired) electrons. The predicted molar refractivity (Wildman–Crippen MR) is 130 cm³/mol. The Hall–Kier alpha value is -4.77. The lowest BCUT2D eigenvalue weighted by Gasteiger charge is -2.11. The van der Waals surface area contributed by atoms with Gasteiger partial charge in [-0.3, -0.25) is 14.9 Å². The number of carbonyl (C=O) groups excluding carboxylic acids is 1. The van der Waals surface area contributed by atoms with Crippen LogP contribution < -0.4 is 14.8 Å². The molecule has 0 saturated carbocycles. The number of nitro groups is 1. The zero-order valence-corrected chi connectivity index (χ0v) is 19.1. The van der Waals surface area contributed by atoms with Gasteiger partial charge in [0.2, 0.25) is 0 Å². The number of ether oxygens (including phenoxy) is 2. The average Bonchev–Trinajstić information content (AvgIpc) is 3.54. The van der Waals surface area contributed by atoms with Crippen LogP contribution in [0.25, 0.3) is 16.2 Å². The molecule has 0 unspecified atom stereocenters. The first-order valence-corrected chi connectivity index (χ1v) is 11.2. The molecule has 0 fully saturated rings. The molecular formula is C24H17N5O5S. The van der Waals surface area contributed by atoms with E-state index in [1.807, 2.05) is 23.6 Å². The highest BCUT2D eigenvalue weighted by molar-refractivity contribution is 7.13. The van der Waals surface area contributed by atoms with Gasteiger partial charge in [-0.2, -0.15) is 5.10 Å². The summed E-state index contributed by atoms with van der Waals surface area (Å²) in [4.78, 5) is 29.3. The molecule has 10 nitrogen and oxygen atoms in total. The third-order valence-electron chi connectivity index (χ3n) is 5.08. The summed E-state index contributed by atoms with van der Waals surface area (Å²) in [5, 5.41) is 20.5. The van der Waals surface area contributed by atoms with Crippen LogP contribution in [0.4, 0.5) is 11.4 Å². The van der Waals surface area contributed by atoms with Crippen molar-refractivity contribution in [3.63, 3.8) is 0 Å². The molecule has 0 aliphatic rings. The fourth-order valence-corrected chi connectivity index (χ4v) is 4.25. The summed E-state index contributed by atoms with van der Waals surface area (Å²) >= 11 is 1.54. The Morgan fingerprint density at radius 1 is 1.11 bits per heavy atom. The Kier molecular flexibility index (Phi) is 5.81. The molecule has 0 spiro atoms. The highest BCUT2D eigenvalue weighted by Gasteiger charge is 2.19. The maximum atomic E-state index is 13.1. The van der Waals surface area contributed by atoms with Crippen LogP contribution >= 0.6 is 11.3 Å². The minimum absolute atomic E-state index is 0.164. The Labute approximate surface area is 202 Å². The fraction of sp³-hybridized carbons (Fsp3) is 0.0417. The van der Waals surface area contributed by atoms with Crippen LogP contribution in [-0.2, 0) is 0 Å². The largest absolute Gasteiger partial charge is 0.493 e. The van der Waals surface area contributed by atoms with Crippen LogP contribution in [-0.4, -0.2) is 32.5 Å². The van der Waals surface area contributed by atoms with Crippen molar-refractivity contribution >= 4 is 34.3 Å². The van der Waals surface area contributed by atoms with Gasteiger partial charge in [-0.15, -0.1) is 11.3 Å². The molecule has 0 aliphatic heterocycles. The van der Waals surface area contributed by atoms with Gasteiger partial charge in [-0.05, 0) is 29.6 Å². The van der Waals surface area contributed by atoms with Crippen LogP contribution in [0.2, 0.25) is 0 Å². The van der Waals surface area contributed by atoms with Crippen molar-refractivity contribution in [1.82, 2.24) is 14.6 Å². The summed E-state index contributed by atoms with van der Waals surface area (Å²) < 4.78 is 12.7. The van der Waals surface area contributed by atoms with Gasteiger partial charge >= 0.3 is 0 Å². The van der Waals surface area contributed by atoms with Crippen LogP contribution in [0, 0.1) is 10.1 Å². The number of benzene rings is 2. The highest BCUT2D eigenvalue weighted by Crippen LogP contribution is 2.34. The van der Waals surface area contributed by atoms with Crippen molar-refractivity contribution in [2.45, 2.75) is 0 Å². The summed E-state index contributed by atoms with van der Waals surface area (Å²) in [5.41, 5.74) is 1.33. The smallest absolute Gasteiger partial charge is 0.275 e. The van der Waals surface area contributed by atoms with Crippen LogP contribution in [0.5, 0.6) is 17.2 Å². The van der Waals surface area contributed by atoms with Crippen molar-refractivity contribution in [3.05, 3.63) is 94.1 Å². The summed E-state index contributed by atoms with van der Waals surface area (Å²) in [6.45, 7) is 0. The number of para-hydroxylation sites is 2. The lowest BCUT2D eigenvalue weighted by atomic mass is 10.2. The monoisotopic (exact) mass is 487 g/mol. The number of hydrogen-bond donors (Lipinski definition) is 1. The Bertz CT molecular complexity index is 1550. The molecule has 2 aromatic carbocycles. The van der Waals surface area contributed by atoms with Gasteiger partial charge in [-0.1, -0.05) is 18.2 Å². The Balaban J connectivity index is 1.47. The van der Waals surface area contributed by atoms with Gasteiger partial charge in [-0.25, -0.2) is 9.50 Å². The minimum atomic E-state index is -0.561. The number of thiophene rings is 1. The number of non-ortho nitro benzene ring substituents is 1. The second-order valence-corrected chi connectivity index (χ2v) is 8.23. The molecular weight excluding hydrogens is 470 g/mol. The summed E-state index contributed by atoms with van der Waals surface area (Å²) in [7, 11) is 1.50. The number of rotatable bonds is 7. The summed E-state index contributed by atoms with van der Waals surface area (Å²) in [6, 6.07) is 16.6. The van der Waals surface area contributed by atoms with Gasteiger partial charge in [0.25, 0.3) is 11.6 Å². The zero-order chi connectivity index (χ0) is 24.4. The molecule has 0 atom stereocenters. The summed E-state index contributed by atoms with van der Waals surface area (Å²) in [5.74, 6) is 0.487. The molecule has 1 amide bonds. The number of nitro benzene ring substituents is 1. The molecule has 5 rings (SSSR count). The van der Waals surface area contributed by atoms with Gasteiger partial charge in [0, 0.05) is 18.3 Å². The second-order valence-electron chi connectivity index (χ2n) is 7.28. The number of methoxy groups -OCH3 is 1. The number of amides is 1. The van der Waals surface area contributed by atoms with E-state index >= 15 is 0 Å². The zero-order valence-electron chi connectivity index (χ0n) is 18.2. The molecule has 11 heteroatoms. The molecule has 0 saturated heterocycles. The fourth-order valence-electron chi connectivity index (χ4n) is 3.51. The normalized spacial score (nSPS) is 10.8. The number of aromatic nitrogens is 3. The molecule has 3 heterocycles. The minimum Gasteiger partial charge on any atom is -0.493 e. The second kappa shape index (κ2) is 9.23. The van der Waals surface area contributed by atoms with E-state index in [0.717, 1.165) is 10.6 Å². The van der Waals surface area contributed by atoms with E-state index in [1.165, 1.54) is 31.5 Å². The lowest BCUT2D eigenvalue weighted by molar-refractivity contribution is -0.384. The van der Waals surface area contributed by atoms with Crippen molar-refractivity contribution in [2.24, 2.45) is 0 Å². The molecule has 5 aromatic rings. The quantitative estimate of drug-likeness (QED) is 0.240. The van der Waals surface area contributed by atoms with Crippen molar-refractivity contribution in [2.75, 3.05) is 12.4 Å². The first-order chi connectivity index (χ1) is 17.0. The molecule has 35 heavy (non-hydrogen) atoms. The standard InChI is InChI=1S/C24H17N5O5S/c1-33-20-5-2-3-6-21(20)34-17-12-15(11-16(13-17)29(31)32)27-24(30)18-14-26-28-19(8-9-25-23(18)28)22-7-4-10-35-22/h2-14H,1H3,(H,27,30). The van der Waals surface area contributed by atoms with Crippen LogP contribution in [0.3, 0.4) is 0 Å². The van der Waals surface area contributed by atoms with Crippen LogP contribution in [0.15, 0.2) is 78.4 Å². The maximum absolute atomic E-state index is 13.1. The van der Waals surface area contributed by atoms with E-state index < -0.39 is 10.8 Å². The van der Waals surface area contributed by atoms with E-state index in [-0.39, 0.29) is 22.7 Å². The highest BCUT2D eigenvalue weighted by atomic mass is 32.1. The van der Waals surface area contributed by atoms with E-state index in [9.17, 15) is 14.9 Å². The van der Waals surface area contributed by atoms with E-state index in [0.29, 0.717) is 17.1 Å². The van der Waals surface area contributed by atoms with Crippen LogP contribution in [0.1, 0.15) is 10.4 Å². The molecule has 3 aromatic heterocycles. The van der Waals surface area contributed by atoms with Gasteiger partial charge in [0.1, 0.15) is 11.3 Å². The van der Waals surface area contributed by atoms with Crippen molar-refractivity contribution < 1.29 is 19.2 Å². The molecule has 0 aliphatic carbocycles. The SMILES string of the molecule is COc1ccccc1Oc1cc(NC(=O)c2cnn3c(-c4cccs4)ccnc23)cc([N+](=O)[O-])c1. The number of carbonyl (C=O) groups is 1. The number of fused-ring (bicyclic) bond motifs is 1. The van der Waals surface area contributed by atoms with E-state index in [4.69, 9.17) is 9.47 Å². The van der Waals surface area contributed by atoms with Crippen molar-refractivity contribution in [1.29, 1.82) is 0 Å². The first-order valence-electron chi connectivity index (χ1n) is 10.3. The number of nitrogens with zero attached hydrogens (tertiary/aromatic N) is 4. The Morgan fingerprint density at radius 2 is 1.94 bits per heavy atom. The molecule has 1 N–H and O–H groups in total. The summed E-state index contributed by atoms with van der Waals surface area (Å²) in [6.07, 6.45) is 3.02. The van der Waals surface area contributed by atoms with Gasteiger partial charge in [0.05, 0.1) is 40.6 Å². The Morgan fingerprint density at radius 3 is 2.69 bits per heavy atom. The number of anilines is 1. The maximum Gasteiger partial charge on any atom is 0.275 e. The molecule has 0 bridgehead atoms. The average molecular weight is 487 g/mol. The number of hydrogen-bond acceptors (Lipinski definition) is 8. The molecule has 174 valence electrons. The number of nitrogens with one attached hydrogen (secondary N) is 1.